The van der Waals surface area contributed by atoms with Crippen LogP contribution in [0.2, 0.25) is 0 Å². The zero-order valence-electron chi connectivity index (χ0n) is 7.09. The summed E-state index contributed by atoms with van der Waals surface area (Å²) < 4.78 is 19.1. The molecule has 1 nitrogen and oxygen atoms in total. The number of hydrogen-bond acceptors (Lipinski definition) is 1. The molecule has 70 valence electrons. The molecule has 0 aliphatic heterocycles. The van der Waals surface area contributed by atoms with E-state index in [0.717, 1.165) is 4.47 Å². The first-order valence-corrected chi connectivity index (χ1v) is 5.13. The van der Waals surface area contributed by atoms with Gasteiger partial charge in [0.1, 0.15) is 11.6 Å². The molecule has 1 aromatic carbocycles. The Hall–Kier alpha value is -0.570. The molecule has 0 atom stereocenters. The van der Waals surface area contributed by atoms with Crippen LogP contribution in [0, 0.1) is 11.7 Å². The molecule has 1 aliphatic carbocycles. The molecule has 0 radical (unpaired) electrons. The Labute approximate surface area is 85.0 Å². The maximum atomic E-state index is 12.8. The number of halogens is 2. The fourth-order valence-corrected chi connectivity index (χ4v) is 1.44. The minimum absolute atomic E-state index is 0.256. The summed E-state index contributed by atoms with van der Waals surface area (Å²) in [5.41, 5.74) is 0. The highest BCUT2D eigenvalue weighted by Gasteiger charge is 2.22. The van der Waals surface area contributed by atoms with Crippen LogP contribution >= 0.6 is 15.9 Å². The molecule has 0 aromatic heterocycles. The van der Waals surface area contributed by atoms with Crippen molar-refractivity contribution in [1.29, 1.82) is 0 Å². The first kappa shape index (κ1) is 9.00. The van der Waals surface area contributed by atoms with Crippen molar-refractivity contribution in [2.45, 2.75) is 12.8 Å². The average molecular weight is 245 g/mol. The molecule has 2 rings (SSSR count). The minimum Gasteiger partial charge on any atom is -0.492 e. The standard InChI is InChI=1S/C10H10BrFO/c11-9-4-3-8(12)5-10(9)13-6-7-1-2-7/h3-5,7H,1-2,6H2. The van der Waals surface area contributed by atoms with Crippen LogP contribution in [0.5, 0.6) is 5.75 Å². The molecule has 1 aromatic rings. The van der Waals surface area contributed by atoms with Crippen molar-refractivity contribution >= 4 is 15.9 Å². The highest BCUT2D eigenvalue weighted by atomic mass is 79.9. The summed E-state index contributed by atoms with van der Waals surface area (Å²) in [6.07, 6.45) is 2.49. The lowest BCUT2D eigenvalue weighted by Crippen LogP contribution is -1.99. The van der Waals surface area contributed by atoms with Crippen LogP contribution < -0.4 is 4.74 Å². The second-order valence-corrected chi connectivity index (χ2v) is 4.18. The molecule has 0 N–H and O–H groups in total. The van der Waals surface area contributed by atoms with Crippen molar-refractivity contribution in [3.8, 4) is 5.75 Å². The molecule has 13 heavy (non-hydrogen) atoms. The van der Waals surface area contributed by atoms with E-state index >= 15 is 0 Å². The molecule has 0 saturated heterocycles. The molecular formula is C10H10BrFO. The quantitative estimate of drug-likeness (QED) is 0.793. The topological polar surface area (TPSA) is 9.23 Å². The first-order valence-electron chi connectivity index (χ1n) is 4.33. The van der Waals surface area contributed by atoms with Crippen molar-refractivity contribution in [2.75, 3.05) is 6.61 Å². The third-order valence-corrected chi connectivity index (χ3v) is 2.72. The van der Waals surface area contributed by atoms with Crippen molar-refractivity contribution in [3.63, 3.8) is 0 Å². The van der Waals surface area contributed by atoms with Gasteiger partial charge in [-0.3, -0.25) is 0 Å². The van der Waals surface area contributed by atoms with Crippen molar-refractivity contribution in [3.05, 3.63) is 28.5 Å². The van der Waals surface area contributed by atoms with Gasteiger partial charge in [-0.25, -0.2) is 4.39 Å². The summed E-state index contributed by atoms with van der Waals surface area (Å²) in [6, 6.07) is 4.48. The van der Waals surface area contributed by atoms with E-state index in [0.29, 0.717) is 18.3 Å². The van der Waals surface area contributed by atoms with Crippen LogP contribution in [0.3, 0.4) is 0 Å². The largest absolute Gasteiger partial charge is 0.492 e. The SMILES string of the molecule is Fc1ccc(Br)c(OCC2CC2)c1. The molecule has 1 saturated carbocycles. The van der Waals surface area contributed by atoms with Gasteiger partial charge in [-0.2, -0.15) is 0 Å². The van der Waals surface area contributed by atoms with Crippen molar-refractivity contribution < 1.29 is 9.13 Å². The lowest BCUT2D eigenvalue weighted by molar-refractivity contribution is 0.296. The van der Waals surface area contributed by atoms with Gasteiger partial charge in [0.15, 0.2) is 0 Å². The lowest BCUT2D eigenvalue weighted by atomic mass is 10.3. The lowest BCUT2D eigenvalue weighted by Gasteiger charge is -2.06. The van der Waals surface area contributed by atoms with E-state index in [2.05, 4.69) is 15.9 Å². The van der Waals surface area contributed by atoms with E-state index in [9.17, 15) is 4.39 Å². The molecule has 0 heterocycles. The third kappa shape index (κ3) is 2.44. The highest BCUT2D eigenvalue weighted by molar-refractivity contribution is 9.10. The molecule has 0 spiro atoms. The van der Waals surface area contributed by atoms with Gasteiger partial charge in [-0.1, -0.05) is 0 Å². The van der Waals surface area contributed by atoms with Gasteiger partial charge in [0.05, 0.1) is 11.1 Å². The van der Waals surface area contributed by atoms with E-state index < -0.39 is 0 Å². The van der Waals surface area contributed by atoms with Crippen LogP contribution in [0.15, 0.2) is 22.7 Å². The third-order valence-electron chi connectivity index (χ3n) is 2.06. The fourth-order valence-electron chi connectivity index (χ4n) is 1.08. The molecular weight excluding hydrogens is 235 g/mol. The Balaban J connectivity index is 2.03. The van der Waals surface area contributed by atoms with Gasteiger partial charge in [-0.05, 0) is 46.8 Å². The number of benzene rings is 1. The van der Waals surface area contributed by atoms with Crippen LogP contribution in [0.1, 0.15) is 12.8 Å². The Bertz CT molecular complexity index is 310. The van der Waals surface area contributed by atoms with Gasteiger partial charge >= 0.3 is 0 Å². The number of rotatable bonds is 3. The average Bonchev–Trinajstić information content (AvgIpc) is 2.90. The summed E-state index contributed by atoms with van der Waals surface area (Å²) in [4.78, 5) is 0. The summed E-state index contributed by atoms with van der Waals surface area (Å²) in [7, 11) is 0. The minimum atomic E-state index is -0.256. The number of ether oxygens (including phenoxy) is 1. The Morgan fingerprint density at radius 2 is 2.23 bits per heavy atom. The van der Waals surface area contributed by atoms with Crippen LogP contribution in [0.4, 0.5) is 4.39 Å². The highest BCUT2D eigenvalue weighted by Crippen LogP contribution is 2.31. The monoisotopic (exact) mass is 244 g/mol. The van der Waals surface area contributed by atoms with Crippen LogP contribution in [-0.4, -0.2) is 6.61 Å². The maximum absolute atomic E-state index is 12.8. The molecule has 1 aliphatic rings. The van der Waals surface area contributed by atoms with E-state index in [1.165, 1.54) is 25.0 Å². The molecule has 0 amide bonds. The van der Waals surface area contributed by atoms with Gasteiger partial charge in [0.25, 0.3) is 0 Å². The zero-order chi connectivity index (χ0) is 9.26. The first-order chi connectivity index (χ1) is 6.25. The van der Waals surface area contributed by atoms with E-state index in [4.69, 9.17) is 4.74 Å². The van der Waals surface area contributed by atoms with Gasteiger partial charge in [0, 0.05) is 6.07 Å². The summed E-state index contributed by atoms with van der Waals surface area (Å²) in [5.74, 6) is 1.04. The summed E-state index contributed by atoms with van der Waals surface area (Å²) in [6.45, 7) is 0.710. The van der Waals surface area contributed by atoms with Crippen LogP contribution in [-0.2, 0) is 0 Å². The van der Waals surface area contributed by atoms with Crippen LogP contribution in [0.25, 0.3) is 0 Å². The maximum Gasteiger partial charge on any atom is 0.136 e. The van der Waals surface area contributed by atoms with E-state index in [1.54, 1.807) is 6.07 Å². The molecule has 3 heteroatoms. The van der Waals surface area contributed by atoms with Crippen molar-refractivity contribution in [1.82, 2.24) is 0 Å². The van der Waals surface area contributed by atoms with Gasteiger partial charge in [0.2, 0.25) is 0 Å². The fraction of sp³-hybridized carbons (Fsp3) is 0.400. The normalized spacial score (nSPS) is 15.8. The Morgan fingerprint density at radius 3 is 2.92 bits per heavy atom. The zero-order valence-corrected chi connectivity index (χ0v) is 8.68. The molecule has 1 fully saturated rings. The van der Waals surface area contributed by atoms with Gasteiger partial charge in [-0.15, -0.1) is 0 Å². The van der Waals surface area contributed by atoms with Gasteiger partial charge < -0.3 is 4.74 Å². The summed E-state index contributed by atoms with van der Waals surface area (Å²) in [5, 5.41) is 0. The predicted octanol–water partition coefficient (Wildman–Crippen LogP) is 3.38. The summed E-state index contributed by atoms with van der Waals surface area (Å²) >= 11 is 3.31. The Kier molecular flexibility index (Phi) is 2.54. The predicted molar refractivity (Wildman–Crippen MR) is 52.3 cm³/mol. The smallest absolute Gasteiger partial charge is 0.136 e. The van der Waals surface area contributed by atoms with E-state index in [1.807, 2.05) is 0 Å². The number of hydrogen-bond donors (Lipinski definition) is 0. The molecule has 0 bridgehead atoms. The van der Waals surface area contributed by atoms with E-state index in [-0.39, 0.29) is 5.82 Å². The Morgan fingerprint density at radius 1 is 1.46 bits per heavy atom. The van der Waals surface area contributed by atoms with Crippen molar-refractivity contribution in [2.24, 2.45) is 5.92 Å². The second-order valence-electron chi connectivity index (χ2n) is 3.33. The molecule has 0 unspecified atom stereocenters. The second kappa shape index (κ2) is 3.66.